The summed E-state index contributed by atoms with van der Waals surface area (Å²) in [7, 11) is 3.31. The molecule has 0 aliphatic carbocycles. The molecule has 1 aliphatic heterocycles. The van der Waals surface area contributed by atoms with E-state index in [9.17, 15) is 4.79 Å². The van der Waals surface area contributed by atoms with E-state index in [1.165, 1.54) is 0 Å². The van der Waals surface area contributed by atoms with Gasteiger partial charge in [0.2, 0.25) is 5.91 Å². The van der Waals surface area contributed by atoms with Crippen LogP contribution in [0.4, 0.5) is 5.69 Å². The number of primary amides is 1. The highest BCUT2D eigenvalue weighted by molar-refractivity contribution is 5.76. The molecule has 2 N–H and O–H groups in total. The molecular weight excluding hydrogens is 268 g/mol. The van der Waals surface area contributed by atoms with Crippen LogP contribution in [0.5, 0.6) is 11.5 Å². The van der Waals surface area contributed by atoms with Crippen molar-refractivity contribution in [2.75, 3.05) is 32.2 Å². The van der Waals surface area contributed by atoms with Gasteiger partial charge < -0.3 is 20.1 Å². The van der Waals surface area contributed by atoms with E-state index in [0.29, 0.717) is 5.92 Å². The van der Waals surface area contributed by atoms with Gasteiger partial charge in [-0.15, -0.1) is 0 Å². The van der Waals surface area contributed by atoms with Crippen LogP contribution in [0, 0.1) is 11.8 Å². The van der Waals surface area contributed by atoms with E-state index >= 15 is 0 Å². The maximum Gasteiger partial charge on any atom is 0.220 e. The van der Waals surface area contributed by atoms with Gasteiger partial charge in [-0.25, -0.2) is 0 Å². The van der Waals surface area contributed by atoms with Gasteiger partial charge in [-0.2, -0.15) is 0 Å². The lowest BCUT2D eigenvalue weighted by atomic mass is 9.95. The minimum Gasteiger partial charge on any atom is -0.497 e. The van der Waals surface area contributed by atoms with Gasteiger partial charge in [0.15, 0.2) is 0 Å². The molecule has 1 heterocycles. The summed E-state index contributed by atoms with van der Waals surface area (Å²) in [5, 5.41) is 0. The van der Waals surface area contributed by atoms with Crippen LogP contribution in [-0.4, -0.2) is 33.2 Å². The topological polar surface area (TPSA) is 64.8 Å². The molecule has 2 atom stereocenters. The number of methoxy groups -OCH3 is 2. The Morgan fingerprint density at radius 1 is 1.33 bits per heavy atom. The van der Waals surface area contributed by atoms with Crippen LogP contribution in [-0.2, 0) is 4.79 Å². The summed E-state index contributed by atoms with van der Waals surface area (Å²) < 4.78 is 10.6. The molecule has 1 saturated heterocycles. The predicted octanol–water partition coefficient (Wildman–Crippen LogP) is 2.04. The molecule has 2 unspecified atom stereocenters. The van der Waals surface area contributed by atoms with Gasteiger partial charge in [-0.1, -0.05) is 6.92 Å². The Labute approximate surface area is 126 Å². The standard InChI is InChI=1S/C16H24N2O3/c1-11(16(17)19)6-12-4-5-18(10-12)13-7-14(20-2)9-15(8-13)21-3/h7-9,11-12H,4-6,10H2,1-3H3,(H2,17,19). The number of carbonyl (C=O) groups is 1. The van der Waals surface area contributed by atoms with Gasteiger partial charge in [-0.3, -0.25) is 4.79 Å². The number of nitrogens with zero attached hydrogens (tertiary/aromatic N) is 1. The van der Waals surface area contributed by atoms with Crippen LogP contribution in [0.15, 0.2) is 18.2 Å². The molecule has 21 heavy (non-hydrogen) atoms. The zero-order valence-electron chi connectivity index (χ0n) is 13.0. The molecule has 0 spiro atoms. The van der Waals surface area contributed by atoms with E-state index in [2.05, 4.69) is 4.90 Å². The third-order valence-electron chi connectivity index (χ3n) is 4.16. The fraction of sp³-hybridized carbons (Fsp3) is 0.562. The summed E-state index contributed by atoms with van der Waals surface area (Å²) in [5.41, 5.74) is 6.45. The molecule has 2 rings (SSSR count). The van der Waals surface area contributed by atoms with Crippen LogP contribution in [0.25, 0.3) is 0 Å². The largest absolute Gasteiger partial charge is 0.497 e. The highest BCUT2D eigenvalue weighted by atomic mass is 16.5. The molecule has 1 aromatic carbocycles. The SMILES string of the molecule is COc1cc(OC)cc(N2CCC(CC(C)C(N)=O)C2)c1. The summed E-state index contributed by atoms with van der Waals surface area (Å²) in [5.74, 6) is 1.81. The van der Waals surface area contributed by atoms with Crippen molar-refractivity contribution in [3.05, 3.63) is 18.2 Å². The fourth-order valence-corrected chi connectivity index (χ4v) is 2.85. The van der Waals surface area contributed by atoms with Crippen molar-refractivity contribution in [1.82, 2.24) is 0 Å². The Morgan fingerprint density at radius 2 is 1.95 bits per heavy atom. The second kappa shape index (κ2) is 6.70. The smallest absolute Gasteiger partial charge is 0.220 e. The highest BCUT2D eigenvalue weighted by Gasteiger charge is 2.26. The molecule has 0 bridgehead atoms. The number of rotatable bonds is 6. The Hall–Kier alpha value is -1.91. The first-order valence-electron chi connectivity index (χ1n) is 7.30. The molecule has 1 fully saturated rings. The van der Waals surface area contributed by atoms with E-state index < -0.39 is 0 Å². The number of amides is 1. The van der Waals surface area contributed by atoms with Crippen LogP contribution < -0.4 is 20.1 Å². The lowest BCUT2D eigenvalue weighted by Gasteiger charge is -2.21. The second-order valence-corrected chi connectivity index (χ2v) is 5.71. The van der Waals surface area contributed by atoms with E-state index in [1.54, 1.807) is 14.2 Å². The summed E-state index contributed by atoms with van der Waals surface area (Å²) in [4.78, 5) is 13.5. The summed E-state index contributed by atoms with van der Waals surface area (Å²) in [6.07, 6.45) is 1.93. The first kappa shape index (κ1) is 15.5. The maximum atomic E-state index is 11.2. The minimum atomic E-state index is -0.212. The summed E-state index contributed by atoms with van der Waals surface area (Å²) in [6.45, 7) is 3.82. The van der Waals surface area contributed by atoms with Gasteiger partial charge >= 0.3 is 0 Å². The lowest BCUT2D eigenvalue weighted by Crippen LogP contribution is -2.25. The van der Waals surface area contributed by atoms with E-state index in [-0.39, 0.29) is 11.8 Å². The average Bonchev–Trinajstić information content (AvgIpc) is 2.95. The maximum absolute atomic E-state index is 11.2. The Bertz CT molecular complexity index is 482. The number of carbonyl (C=O) groups excluding carboxylic acids is 1. The highest BCUT2D eigenvalue weighted by Crippen LogP contribution is 2.33. The summed E-state index contributed by atoms with van der Waals surface area (Å²) in [6, 6.07) is 5.90. The molecule has 0 aromatic heterocycles. The number of benzene rings is 1. The van der Waals surface area contributed by atoms with Crippen LogP contribution >= 0.6 is 0 Å². The van der Waals surface area contributed by atoms with Gasteiger partial charge in [0.1, 0.15) is 11.5 Å². The predicted molar refractivity (Wildman–Crippen MR) is 82.8 cm³/mol. The monoisotopic (exact) mass is 292 g/mol. The third-order valence-corrected chi connectivity index (χ3v) is 4.16. The van der Waals surface area contributed by atoms with E-state index in [1.807, 2.05) is 25.1 Å². The van der Waals surface area contributed by atoms with Crippen molar-refractivity contribution >= 4 is 11.6 Å². The Kier molecular flexibility index (Phi) is 4.94. The van der Waals surface area contributed by atoms with Gasteiger partial charge in [-0.05, 0) is 18.8 Å². The van der Waals surface area contributed by atoms with Crippen molar-refractivity contribution in [3.63, 3.8) is 0 Å². The molecule has 0 radical (unpaired) electrons. The van der Waals surface area contributed by atoms with Crippen molar-refractivity contribution < 1.29 is 14.3 Å². The van der Waals surface area contributed by atoms with E-state index in [0.717, 1.165) is 43.1 Å². The number of nitrogens with two attached hydrogens (primary N) is 1. The molecule has 0 saturated carbocycles. The van der Waals surface area contributed by atoms with Crippen molar-refractivity contribution in [2.24, 2.45) is 17.6 Å². The van der Waals surface area contributed by atoms with Gasteiger partial charge in [0, 0.05) is 42.9 Å². The normalized spacial score (nSPS) is 19.4. The first-order valence-corrected chi connectivity index (χ1v) is 7.30. The number of ether oxygens (including phenoxy) is 2. The van der Waals surface area contributed by atoms with Crippen LogP contribution in [0.2, 0.25) is 0 Å². The van der Waals surface area contributed by atoms with E-state index in [4.69, 9.17) is 15.2 Å². The first-order chi connectivity index (χ1) is 10.0. The molecule has 5 heteroatoms. The van der Waals surface area contributed by atoms with Gasteiger partial charge in [0.05, 0.1) is 14.2 Å². The number of hydrogen-bond acceptors (Lipinski definition) is 4. The number of hydrogen-bond donors (Lipinski definition) is 1. The minimum absolute atomic E-state index is 0.0604. The lowest BCUT2D eigenvalue weighted by molar-refractivity contribution is -0.121. The van der Waals surface area contributed by atoms with Crippen molar-refractivity contribution in [2.45, 2.75) is 19.8 Å². The van der Waals surface area contributed by atoms with Crippen LogP contribution in [0.3, 0.4) is 0 Å². The zero-order chi connectivity index (χ0) is 15.4. The quantitative estimate of drug-likeness (QED) is 0.871. The molecular formula is C16H24N2O3. The zero-order valence-corrected chi connectivity index (χ0v) is 13.0. The Balaban J connectivity index is 2.05. The van der Waals surface area contributed by atoms with Crippen molar-refractivity contribution in [1.29, 1.82) is 0 Å². The van der Waals surface area contributed by atoms with Crippen molar-refractivity contribution in [3.8, 4) is 11.5 Å². The summed E-state index contributed by atoms with van der Waals surface area (Å²) >= 11 is 0. The number of anilines is 1. The van der Waals surface area contributed by atoms with Gasteiger partial charge in [0.25, 0.3) is 0 Å². The molecule has 1 amide bonds. The average molecular weight is 292 g/mol. The Morgan fingerprint density at radius 3 is 2.48 bits per heavy atom. The van der Waals surface area contributed by atoms with Crippen LogP contribution in [0.1, 0.15) is 19.8 Å². The fourth-order valence-electron chi connectivity index (χ4n) is 2.85. The molecule has 116 valence electrons. The molecule has 1 aromatic rings. The second-order valence-electron chi connectivity index (χ2n) is 5.71. The molecule has 5 nitrogen and oxygen atoms in total. The third kappa shape index (κ3) is 3.80. The molecule has 1 aliphatic rings.